The highest BCUT2D eigenvalue weighted by atomic mass is 79.9. The quantitative estimate of drug-likeness (QED) is 0.875. The molecule has 1 aromatic heterocycles. The average molecular weight is 382 g/mol. The van der Waals surface area contributed by atoms with E-state index < -0.39 is 10.0 Å². The van der Waals surface area contributed by atoms with Gasteiger partial charge in [0, 0.05) is 10.2 Å². The fourth-order valence-corrected chi connectivity index (χ4v) is 4.63. The Labute approximate surface area is 129 Å². The molecule has 0 aliphatic carbocycles. The predicted molar refractivity (Wildman–Crippen MR) is 81.5 cm³/mol. The number of anilines is 1. The van der Waals surface area contributed by atoms with Crippen LogP contribution in [0.2, 0.25) is 4.47 Å². The second-order valence-electron chi connectivity index (χ2n) is 3.91. The number of aryl methyl sites for hydroxylation is 2. The van der Waals surface area contributed by atoms with Crippen LogP contribution >= 0.6 is 38.9 Å². The van der Waals surface area contributed by atoms with Crippen molar-refractivity contribution in [2.45, 2.75) is 18.1 Å². The van der Waals surface area contributed by atoms with Crippen molar-refractivity contribution in [2.24, 2.45) is 0 Å². The van der Waals surface area contributed by atoms with E-state index in [9.17, 15) is 8.42 Å². The molecule has 0 amide bonds. The number of hydrogen-bond donors (Lipinski definition) is 1. The van der Waals surface area contributed by atoms with E-state index in [1.807, 2.05) is 13.0 Å². The lowest BCUT2D eigenvalue weighted by atomic mass is 10.2. The summed E-state index contributed by atoms with van der Waals surface area (Å²) in [7, 11) is -3.65. The molecule has 102 valence electrons. The topological polar surface area (TPSA) is 59.1 Å². The number of sulfonamides is 1. The van der Waals surface area contributed by atoms with Crippen LogP contribution in [0.15, 0.2) is 26.9 Å². The molecule has 2 aromatic rings. The molecule has 0 aliphatic rings. The van der Waals surface area contributed by atoms with Crippen LogP contribution in [-0.4, -0.2) is 13.4 Å². The number of nitrogens with zero attached hydrogens (tertiary/aromatic N) is 1. The van der Waals surface area contributed by atoms with Gasteiger partial charge in [-0.05, 0) is 31.5 Å². The van der Waals surface area contributed by atoms with Gasteiger partial charge in [-0.3, -0.25) is 4.72 Å². The van der Waals surface area contributed by atoms with E-state index >= 15 is 0 Å². The van der Waals surface area contributed by atoms with Crippen LogP contribution in [0, 0.1) is 13.8 Å². The standard InChI is InChI=1S/C11H10BrClN2O2S2/c1-6-3-4-8(5-9(6)12)15-19(16,17)10-7(2)14-11(13)18-10/h3-5,15H,1-2H3. The molecular weight excluding hydrogens is 372 g/mol. The van der Waals surface area contributed by atoms with Crippen molar-refractivity contribution in [1.29, 1.82) is 0 Å². The van der Waals surface area contributed by atoms with Crippen LogP contribution in [0.1, 0.15) is 11.3 Å². The van der Waals surface area contributed by atoms with E-state index in [2.05, 4.69) is 25.6 Å². The Morgan fingerprint density at radius 2 is 2.05 bits per heavy atom. The highest BCUT2D eigenvalue weighted by molar-refractivity contribution is 9.10. The van der Waals surface area contributed by atoms with Crippen molar-refractivity contribution in [2.75, 3.05) is 4.72 Å². The molecular formula is C11H10BrClN2O2S2. The number of thiazole rings is 1. The monoisotopic (exact) mass is 380 g/mol. The van der Waals surface area contributed by atoms with Crippen molar-refractivity contribution in [3.05, 3.63) is 38.4 Å². The van der Waals surface area contributed by atoms with Crippen molar-refractivity contribution in [1.82, 2.24) is 4.98 Å². The zero-order valence-electron chi connectivity index (χ0n) is 10.1. The Hall–Kier alpha value is -0.630. The first kappa shape index (κ1) is 14.8. The first-order valence-electron chi connectivity index (χ1n) is 5.21. The first-order chi connectivity index (χ1) is 8.79. The van der Waals surface area contributed by atoms with Gasteiger partial charge in [0.1, 0.15) is 0 Å². The Balaban J connectivity index is 2.36. The third-order valence-electron chi connectivity index (χ3n) is 2.40. The number of aromatic nitrogens is 1. The molecule has 0 aliphatic heterocycles. The second-order valence-corrected chi connectivity index (χ2v) is 8.22. The van der Waals surface area contributed by atoms with Gasteiger partial charge >= 0.3 is 0 Å². The van der Waals surface area contributed by atoms with Crippen molar-refractivity contribution < 1.29 is 8.42 Å². The van der Waals surface area contributed by atoms with E-state index in [4.69, 9.17) is 11.6 Å². The van der Waals surface area contributed by atoms with Gasteiger partial charge in [0.2, 0.25) is 0 Å². The molecule has 1 aromatic carbocycles. The highest BCUT2D eigenvalue weighted by Gasteiger charge is 2.21. The lowest BCUT2D eigenvalue weighted by Crippen LogP contribution is -2.12. The molecule has 0 saturated carbocycles. The maximum absolute atomic E-state index is 12.2. The molecule has 0 saturated heterocycles. The number of rotatable bonds is 3. The minimum Gasteiger partial charge on any atom is -0.279 e. The number of hydrogen-bond acceptors (Lipinski definition) is 4. The zero-order chi connectivity index (χ0) is 14.2. The molecule has 19 heavy (non-hydrogen) atoms. The molecule has 1 N–H and O–H groups in total. The summed E-state index contributed by atoms with van der Waals surface area (Å²) >= 11 is 10.0. The van der Waals surface area contributed by atoms with Gasteiger partial charge in [-0.1, -0.05) is 44.9 Å². The summed E-state index contributed by atoms with van der Waals surface area (Å²) in [5, 5.41) is 0. The van der Waals surface area contributed by atoms with E-state index in [1.165, 1.54) is 0 Å². The van der Waals surface area contributed by atoms with Gasteiger partial charge in [0.25, 0.3) is 10.0 Å². The molecule has 8 heteroatoms. The fourth-order valence-electron chi connectivity index (χ4n) is 1.46. The Morgan fingerprint density at radius 3 is 2.58 bits per heavy atom. The molecule has 0 bridgehead atoms. The third kappa shape index (κ3) is 3.28. The summed E-state index contributed by atoms with van der Waals surface area (Å²) in [4.78, 5) is 3.91. The number of nitrogens with one attached hydrogen (secondary N) is 1. The van der Waals surface area contributed by atoms with E-state index in [0.717, 1.165) is 21.4 Å². The van der Waals surface area contributed by atoms with Crippen molar-refractivity contribution >= 4 is 54.6 Å². The van der Waals surface area contributed by atoms with Gasteiger partial charge < -0.3 is 0 Å². The minimum atomic E-state index is -3.65. The number of halogens is 2. The molecule has 1 heterocycles. The van der Waals surface area contributed by atoms with E-state index in [1.54, 1.807) is 19.1 Å². The van der Waals surface area contributed by atoms with Gasteiger partial charge in [-0.25, -0.2) is 13.4 Å². The Morgan fingerprint density at radius 1 is 1.37 bits per heavy atom. The SMILES string of the molecule is Cc1ccc(NS(=O)(=O)c2sc(Cl)nc2C)cc1Br. The van der Waals surface area contributed by atoms with E-state index in [-0.39, 0.29) is 8.68 Å². The summed E-state index contributed by atoms with van der Waals surface area (Å²) < 4.78 is 28.1. The number of benzene rings is 1. The maximum atomic E-state index is 12.2. The molecule has 0 radical (unpaired) electrons. The van der Waals surface area contributed by atoms with Crippen LogP contribution in [0.5, 0.6) is 0 Å². The smallest absolute Gasteiger partial charge is 0.273 e. The Kier molecular flexibility index (Phi) is 4.20. The molecule has 0 spiro atoms. The van der Waals surface area contributed by atoms with Gasteiger partial charge in [0.15, 0.2) is 8.68 Å². The van der Waals surface area contributed by atoms with Crippen molar-refractivity contribution in [3.63, 3.8) is 0 Å². The molecule has 0 atom stereocenters. The summed E-state index contributed by atoms with van der Waals surface area (Å²) in [6, 6.07) is 5.24. The molecule has 4 nitrogen and oxygen atoms in total. The first-order valence-corrected chi connectivity index (χ1v) is 8.68. The summed E-state index contributed by atoms with van der Waals surface area (Å²) in [5.41, 5.74) is 1.91. The van der Waals surface area contributed by atoms with Crippen LogP contribution in [0.25, 0.3) is 0 Å². The van der Waals surface area contributed by atoms with Gasteiger partial charge in [-0.2, -0.15) is 0 Å². The summed E-state index contributed by atoms with van der Waals surface area (Å²) in [5.74, 6) is 0. The largest absolute Gasteiger partial charge is 0.279 e. The van der Waals surface area contributed by atoms with Crippen LogP contribution in [-0.2, 0) is 10.0 Å². The van der Waals surface area contributed by atoms with Crippen LogP contribution in [0.4, 0.5) is 5.69 Å². The molecule has 2 rings (SSSR count). The van der Waals surface area contributed by atoms with Gasteiger partial charge in [0.05, 0.1) is 5.69 Å². The maximum Gasteiger partial charge on any atom is 0.273 e. The second kappa shape index (κ2) is 5.40. The Bertz CT molecular complexity index is 728. The third-order valence-corrected chi connectivity index (χ3v) is 6.50. The van der Waals surface area contributed by atoms with Crippen LogP contribution in [0.3, 0.4) is 0 Å². The van der Waals surface area contributed by atoms with E-state index in [0.29, 0.717) is 11.4 Å². The lowest BCUT2D eigenvalue weighted by molar-refractivity contribution is 0.602. The molecule has 0 fully saturated rings. The fraction of sp³-hybridized carbons (Fsp3) is 0.182. The summed E-state index contributed by atoms with van der Waals surface area (Å²) in [6.07, 6.45) is 0. The summed E-state index contributed by atoms with van der Waals surface area (Å²) in [6.45, 7) is 3.54. The normalized spacial score (nSPS) is 11.6. The van der Waals surface area contributed by atoms with Gasteiger partial charge in [-0.15, -0.1) is 0 Å². The van der Waals surface area contributed by atoms with Crippen molar-refractivity contribution in [3.8, 4) is 0 Å². The highest BCUT2D eigenvalue weighted by Crippen LogP contribution is 2.29. The zero-order valence-corrected chi connectivity index (χ0v) is 14.0. The molecule has 0 unspecified atom stereocenters. The lowest BCUT2D eigenvalue weighted by Gasteiger charge is -2.08. The predicted octanol–water partition coefficient (Wildman–Crippen LogP) is 3.98. The minimum absolute atomic E-state index is 0.134. The van der Waals surface area contributed by atoms with Crippen LogP contribution < -0.4 is 4.72 Å². The average Bonchev–Trinajstić information content (AvgIpc) is 2.63.